The van der Waals surface area contributed by atoms with Crippen molar-refractivity contribution in [3.8, 4) is 0 Å². The van der Waals surface area contributed by atoms with E-state index in [9.17, 15) is 18.4 Å². The third-order valence-corrected chi connectivity index (χ3v) is 4.29. The lowest BCUT2D eigenvalue weighted by Gasteiger charge is -2.15. The summed E-state index contributed by atoms with van der Waals surface area (Å²) in [6.45, 7) is 3.06. The van der Waals surface area contributed by atoms with Gasteiger partial charge in [-0.05, 0) is 31.0 Å². The molecule has 1 aliphatic rings. The Morgan fingerprint density at radius 1 is 1.00 bits per heavy atom. The highest BCUT2D eigenvalue weighted by Crippen LogP contribution is 2.30. The molecular formula is C21H20F2N2O3. The summed E-state index contributed by atoms with van der Waals surface area (Å²) in [5.74, 6) is -2.98. The second-order valence-corrected chi connectivity index (χ2v) is 6.18. The molecule has 146 valence electrons. The average Bonchev–Trinajstić information content (AvgIpc) is 2.92. The van der Waals surface area contributed by atoms with E-state index in [1.54, 1.807) is 30.3 Å². The first-order valence-corrected chi connectivity index (χ1v) is 8.98. The zero-order chi connectivity index (χ0) is 20.1. The van der Waals surface area contributed by atoms with Crippen LogP contribution >= 0.6 is 0 Å². The van der Waals surface area contributed by atoms with Gasteiger partial charge in [-0.15, -0.1) is 0 Å². The quantitative estimate of drug-likeness (QED) is 0.557. The van der Waals surface area contributed by atoms with Crippen LogP contribution in [-0.2, 0) is 14.3 Å². The van der Waals surface area contributed by atoms with Gasteiger partial charge in [0.05, 0.1) is 5.57 Å². The average molecular weight is 386 g/mol. The molecule has 3 rings (SSSR count). The van der Waals surface area contributed by atoms with Crippen LogP contribution in [0.3, 0.4) is 0 Å². The molecule has 5 nitrogen and oxygen atoms in total. The third-order valence-electron chi connectivity index (χ3n) is 4.29. The van der Waals surface area contributed by atoms with Gasteiger partial charge in [-0.3, -0.25) is 14.5 Å². The Balaban J connectivity index is 1.92. The number of hydrogen-bond acceptors (Lipinski definition) is 4. The van der Waals surface area contributed by atoms with E-state index in [2.05, 4.69) is 5.32 Å². The maximum atomic E-state index is 13.6. The molecule has 0 aromatic heterocycles. The number of nitrogens with zero attached hydrogens (tertiary/aromatic N) is 1. The molecule has 1 heterocycles. The van der Waals surface area contributed by atoms with Crippen molar-refractivity contribution in [3.63, 3.8) is 0 Å². The molecule has 0 spiro atoms. The van der Waals surface area contributed by atoms with Gasteiger partial charge >= 0.3 is 0 Å². The van der Waals surface area contributed by atoms with Crippen LogP contribution in [0.5, 0.6) is 0 Å². The maximum Gasteiger partial charge on any atom is 0.278 e. The summed E-state index contributed by atoms with van der Waals surface area (Å²) in [7, 11) is 0. The van der Waals surface area contributed by atoms with Gasteiger partial charge in [0.1, 0.15) is 5.70 Å². The summed E-state index contributed by atoms with van der Waals surface area (Å²) in [5.41, 5.74) is 0.989. The lowest BCUT2D eigenvalue weighted by Crippen LogP contribution is -2.34. The van der Waals surface area contributed by atoms with E-state index in [0.29, 0.717) is 25.2 Å². The second kappa shape index (κ2) is 8.75. The first kappa shape index (κ1) is 19.7. The van der Waals surface area contributed by atoms with Crippen molar-refractivity contribution in [2.45, 2.75) is 13.3 Å². The number of benzene rings is 2. The minimum absolute atomic E-state index is 0.0404. The Kier molecular flexibility index (Phi) is 6.16. The van der Waals surface area contributed by atoms with Gasteiger partial charge in [-0.1, -0.05) is 30.3 Å². The number of halogens is 2. The minimum atomic E-state index is -1.04. The van der Waals surface area contributed by atoms with Crippen LogP contribution in [0.4, 0.5) is 14.5 Å². The largest absolute Gasteiger partial charge is 0.382 e. The lowest BCUT2D eigenvalue weighted by molar-refractivity contribution is -0.137. The number of nitrogens with one attached hydrogen (secondary N) is 1. The van der Waals surface area contributed by atoms with Gasteiger partial charge in [0.15, 0.2) is 11.6 Å². The van der Waals surface area contributed by atoms with Crippen LogP contribution in [0, 0.1) is 11.6 Å². The van der Waals surface area contributed by atoms with Crippen molar-refractivity contribution in [3.05, 3.63) is 71.4 Å². The van der Waals surface area contributed by atoms with Crippen molar-refractivity contribution < 1.29 is 23.1 Å². The maximum absolute atomic E-state index is 13.6. The topological polar surface area (TPSA) is 58.6 Å². The van der Waals surface area contributed by atoms with E-state index in [1.165, 1.54) is 6.07 Å². The Bertz CT molecular complexity index is 913. The van der Waals surface area contributed by atoms with Crippen LogP contribution in [0.15, 0.2) is 54.2 Å². The van der Waals surface area contributed by atoms with Crippen molar-refractivity contribution in [2.75, 3.05) is 25.1 Å². The molecule has 0 fully saturated rings. The summed E-state index contributed by atoms with van der Waals surface area (Å²) in [6.07, 6.45) is 0.506. The Morgan fingerprint density at radius 2 is 1.75 bits per heavy atom. The first-order chi connectivity index (χ1) is 13.5. The lowest BCUT2D eigenvalue weighted by atomic mass is 10.0. The summed E-state index contributed by atoms with van der Waals surface area (Å²) >= 11 is 0. The molecule has 0 unspecified atom stereocenters. The SMILES string of the molecule is CCOCCCN1C(=O)C(Nc2ccc(F)c(F)c2)=C(c2ccccc2)C1=O. The molecule has 2 aromatic rings. The van der Waals surface area contributed by atoms with Gasteiger partial charge in [-0.2, -0.15) is 0 Å². The van der Waals surface area contributed by atoms with E-state index < -0.39 is 23.4 Å². The smallest absolute Gasteiger partial charge is 0.278 e. The normalized spacial score (nSPS) is 14.2. The molecular weight excluding hydrogens is 366 g/mol. The molecule has 2 amide bonds. The fraction of sp³-hybridized carbons (Fsp3) is 0.238. The van der Waals surface area contributed by atoms with E-state index in [4.69, 9.17) is 4.74 Å². The highest BCUT2D eigenvalue weighted by atomic mass is 19.2. The van der Waals surface area contributed by atoms with Crippen LogP contribution in [-0.4, -0.2) is 36.5 Å². The number of amides is 2. The standard InChI is InChI=1S/C21H20F2N2O3/c1-2-28-12-6-11-25-20(26)18(14-7-4-3-5-8-14)19(21(25)27)24-15-9-10-16(22)17(23)13-15/h3-5,7-10,13,24H,2,6,11-12H2,1H3. The highest BCUT2D eigenvalue weighted by molar-refractivity contribution is 6.36. The van der Waals surface area contributed by atoms with Crippen molar-refractivity contribution in [1.29, 1.82) is 0 Å². The zero-order valence-corrected chi connectivity index (χ0v) is 15.4. The molecule has 1 aliphatic heterocycles. The van der Waals surface area contributed by atoms with Crippen molar-refractivity contribution >= 4 is 23.1 Å². The molecule has 28 heavy (non-hydrogen) atoms. The fourth-order valence-electron chi connectivity index (χ4n) is 2.95. The van der Waals surface area contributed by atoms with E-state index in [1.807, 2.05) is 6.92 Å². The predicted octanol–water partition coefficient (Wildman–Crippen LogP) is 3.58. The van der Waals surface area contributed by atoms with Gasteiger partial charge < -0.3 is 10.1 Å². The van der Waals surface area contributed by atoms with E-state index in [0.717, 1.165) is 17.0 Å². The summed E-state index contributed by atoms with van der Waals surface area (Å²) in [6, 6.07) is 12.0. The zero-order valence-electron chi connectivity index (χ0n) is 15.4. The molecule has 7 heteroatoms. The number of rotatable bonds is 8. The highest BCUT2D eigenvalue weighted by Gasteiger charge is 2.38. The molecule has 0 aliphatic carbocycles. The summed E-state index contributed by atoms with van der Waals surface area (Å²) in [5, 5.41) is 2.80. The van der Waals surface area contributed by atoms with Crippen LogP contribution in [0.2, 0.25) is 0 Å². The van der Waals surface area contributed by atoms with Gasteiger partial charge in [-0.25, -0.2) is 8.78 Å². The number of imide groups is 1. The Hall–Kier alpha value is -3.06. The second-order valence-electron chi connectivity index (χ2n) is 6.18. The van der Waals surface area contributed by atoms with Crippen molar-refractivity contribution in [2.24, 2.45) is 0 Å². The number of ether oxygens (including phenoxy) is 1. The van der Waals surface area contributed by atoms with E-state index in [-0.39, 0.29) is 23.5 Å². The third kappa shape index (κ3) is 4.09. The fourth-order valence-corrected chi connectivity index (χ4v) is 2.95. The molecule has 0 atom stereocenters. The number of hydrogen-bond donors (Lipinski definition) is 1. The monoisotopic (exact) mass is 386 g/mol. The Morgan fingerprint density at radius 3 is 2.43 bits per heavy atom. The first-order valence-electron chi connectivity index (χ1n) is 8.98. The Labute approximate surface area is 161 Å². The molecule has 0 saturated carbocycles. The molecule has 0 bridgehead atoms. The van der Waals surface area contributed by atoms with E-state index >= 15 is 0 Å². The van der Waals surface area contributed by atoms with Crippen LogP contribution < -0.4 is 5.32 Å². The van der Waals surface area contributed by atoms with Gasteiger partial charge in [0.25, 0.3) is 11.8 Å². The molecule has 2 aromatic carbocycles. The number of anilines is 1. The molecule has 0 radical (unpaired) electrons. The molecule has 0 saturated heterocycles. The van der Waals surface area contributed by atoms with Crippen molar-refractivity contribution in [1.82, 2.24) is 4.90 Å². The predicted molar refractivity (Wildman–Crippen MR) is 101 cm³/mol. The number of carbonyl (C=O) groups is 2. The van der Waals surface area contributed by atoms with Gasteiger partial charge in [0, 0.05) is 31.5 Å². The van der Waals surface area contributed by atoms with Gasteiger partial charge in [0.2, 0.25) is 0 Å². The molecule has 1 N–H and O–H groups in total. The van der Waals surface area contributed by atoms with Crippen LogP contribution in [0.25, 0.3) is 5.57 Å². The minimum Gasteiger partial charge on any atom is -0.382 e. The summed E-state index contributed by atoms with van der Waals surface area (Å²) < 4.78 is 32.0. The van der Waals surface area contributed by atoms with Crippen LogP contribution in [0.1, 0.15) is 18.9 Å². The summed E-state index contributed by atoms with van der Waals surface area (Å²) in [4.78, 5) is 27.0. The number of carbonyl (C=O) groups excluding carboxylic acids is 2.